The van der Waals surface area contributed by atoms with Gasteiger partial charge in [-0.25, -0.2) is 14.6 Å². The fraction of sp³-hybridized carbons (Fsp3) is 0.111. The molecule has 5 nitrogen and oxygen atoms in total. The maximum atomic E-state index is 13.5. The number of imidazole rings is 2. The molecular formula is C18H15F2N5S. The molecule has 0 aliphatic rings. The van der Waals surface area contributed by atoms with Gasteiger partial charge in [-0.1, -0.05) is 54.2 Å². The van der Waals surface area contributed by atoms with Crippen LogP contribution in [-0.4, -0.2) is 19.2 Å². The first-order valence-electron chi connectivity index (χ1n) is 7.90. The molecule has 2 N–H and O–H groups in total. The second kappa shape index (κ2) is 6.80. The van der Waals surface area contributed by atoms with Crippen LogP contribution in [0.2, 0.25) is 0 Å². The highest BCUT2D eigenvalue weighted by Gasteiger charge is 2.18. The van der Waals surface area contributed by atoms with Crippen molar-refractivity contribution in [2.24, 2.45) is 0 Å². The van der Waals surface area contributed by atoms with E-state index in [4.69, 9.17) is 5.84 Å². The Morgan fingerprint density at radius 1 is 1.00 bits per heavy atom. The minimum Gasteiger partial charge on any atom is -0.337 e. The Bertz CT molecular complexity index is 1040. The molecular weight excluding hydrogens is 356 g/mol. The van der Waals surface area contributed by atoms with Crippen molar-refractivity contribution in [3.05, 3.63) is 66.6 Å². The third kappa shape index (κ3) is 3.03. The monoisotopic (exact) mass is 371 g/mol. The number of para-hydroxylation sites is 2. The maximum absolute atomic E-state index is 13.5. The van der Waals surface area contributed by atoms with E-state index in [-0.39, 0.29) is 11.6 Å². The highest BCUT2D eigenvalue weighted by molar-refractivity contribution is 7.98. The molecule has 0 spiro atoms. The molecule has 0 aliphatic heterocycles. The summed E-state index contributed by atoms with van der Waals surface area (Å²) in [7, 11) is 0. The smallest absolute Gasteiger partial charge is 0.320 e. The van der Waals surface area contributed by atoms with Crippen LogP contribution in [0.1, 0.15) is 12.4 Å². The van der Waals surface area contributed by atoms with Crippen molar-refractivity contribution in [3.8, 4) is 11.3 Å². The number of halogens is 2. The van der Waals surface area contributed by atoms with Crippen molar-refractivity contribution in [2.45, 2.75) is 17.5 Å². The topological polar surface area (TPSA) is 61.7 Å². The van der Waals surface area contributed by atoms with Gasteiger partial charge in [0.15, 0.2) is 5.16 Å². The van der Waals surface area contributed by atoms with E-state index in [1.807, 2.05) is 30.3 Å². The second-order valence-electron chi connectivity index (χ2n) is 5.64. The normalized spacial score (nSPS) is 11.5. The van der Waals surface area contributed by atoms with Gasteiger partial charge >= 0.3 is 6.55 Å². The lowest BCUT2D eigenvalue weighted by Gasteiger charge is -2.07. The number of hydrogen-bond donors (Lipinski definition) is 1. The zero-order valence-corrected chi connectivity index (χ0v) is 14.4. The van der Waals surface area contributed by atoms with Gasteiger partial charge < -0.3 is 5.84 Å². The lowest BCUT2D eigenvalue weighted by Crippen LogP contribution is -2.08. The molecule has 0 fully saturated rings. The molecule has 2 heterocycles. The van der Waals surface area contributed by atoms with E-state index in [9.17, 15) is 8.78 Å². The minimum absolute atomic E-state index is 0.238. The molecule has 0 saturated heterocycles. The molecule has 0 amide bonds. The molecule has 0 unspecified atom stereocenters. The Labute approximate surface area is 152 Å². The van der Waals surface area contributed by atoms with Crippen molar-refractivity contribution in [1.82, 2.24) is 19.2 Å². The fourth-order valence-electron chi connectivity index (χ4n) is 2.77. The first-order valence-corrected chi connectivity index (χ1v) is 8.88. The lowest BCUT2D eigenvalue weighted by molar-refractivity contribution is 0.0722. The average Bonchev–Trinajstić information content (AvgIpc) is 3.21. The summed E-state index contributed by atoms with van der Waals surface area (Å²) in [5, 5.41) is 0.539. The zero-order valence-electron chi connectivity index (χ0n) is 13.6. The summed E-state index contributed by atoms with van der Waals surface area (Å²) in [5.74, 6) is 6.50. The summed E-state index contributed by atoms with van der Waals surface area (Å²) in [6.07, 6.45) is 1.72. The van der Waals surface area contributed by atoms with E-state index in [1.54, 1.807) is 30.5 Å². The number of nitrogens with zero attached hydrogens (tertiary/aromatic N) is 4. The van der Waals surface area contributed by atoms with E-state index in [1.165, 1.54) is 16.4 Å². The van der Waals surface area contributed by atoms with E-state index < -0.39 is 6.55 Å². The van der Waals surface area contributed by atoms with Crippen molar-refractivity contribution in [1.29, 1.82) is 0 Å². The third-order valence-electron chi connectivity index (χ3n) is 3.96. The lowest BCUT2D eigenvalue weighted by atomic mass is 10.2. The van der Waals surface area contributed by atoms with Crippen LogP contribution in [0.25, 0.3) is 22.3 Å². The number of benzene rings is 2. The molecule has 0 bridgehead atoms. The quantitative estimate of drug-likeness (QED) is 0.420. The maximum Gasteiger partial charge on any atom is 0.320 e. The summed E-state index contributed by atoms with van der Waals surface area (Å²) < 4.78 is 29.3. The van der Waals surface area contributed by atoms with Crippen LogP contribution in [0, 0.1) is 0 Å². The first-order chi connectivity index (χ1) is 12.6. The molecule has 0 aliphatic carbocycles. The molecule has 2 aromatic carbocycles. The number of alkyl halides is 2. The number of hydrogen-bond acceptors (Lipinski definition) is 4. The predicted molar refractivity (Wildman–Crippen MR) is 98.4 cm³/mol. The van der Waals surface area contributed by atoms with Gasteiger partial charge in [-0.15, -0.1) is 0 Å². The van der Waals surface area contributed by atoms with Gasteiger partial charge in [-0.05, 0) is 12.1 Å². The van der Waals surface area contributed by atoms with Crippen LogP contribution in [0.15, 0.2) is 66.0 Å². The van der Waals surface area contributed by atoms with E-state index in [0.29, 0.717) is 16.2 Å². The zero-order chi connectivity index (χ0) is 18.1. The molecule has 0 saturated carbocycles. The number of fused-ring (bicyclic) bond motifs is 1. The Hall–Kier alpha value is -2.87. The summed E-state index contributed by atoms with van der Waals surface area (Å²) in [6, 6.07) is 16.5. The molecule has 8 heteroatoms. The number of thioether (sulfide) groups is 1. The van der Waals surface area contributed by atoms with Gasteiger partial charge in [-0.2, -0.15) is 8.78 Å². The molecule has 26 heavy (non-hydrogen) atoms. The Morgan fingerprint density at radius 2 is 1.73 bits per heavy atom. The standard InChI is InChI=1S/C18H15F2N5S/c19-17(20)25-15-9-5-4-8-13(15)22-16(25)11-26-18-23-14(10-24(18)21)12-6-2-1-3-7-12/h1-10,17H,11,21H2. The SMILES string of the molecule is Nn1cc(-c2ccccc2)nc1SCc1nc2ccccc2n1C(F)F. The highest BCUT2D eigenvalue weighted by Crippen LogP contribution is 2.29. The van der Waals surface area contributed by atoms with E-state index >= 15 is 0 Å². The molecule has 0 radical (unpaired) electrons. The van der Waals surface area contributed by atoms with Crippen molar-refractivity contribution in [2.75, 3.05) is 5.84 Å². The third-order valence-corrected chi connectivity index (χ3v) is 4.93. The summed E-state index contributed by atoms with van der Waals surface area (Å²) >= 11 is 1.27. The molecule has 2 aromatic heterocycles. The number of rotatable bonds is 5. The van der Waals surface area contributed by atoms with Gasteiger partial charge in [-0.3, -0.25) is 4.57 Å². The van der Waals surface area contributed by atoms with Gasteiger partial charge in [0.2, 0.25) is 0 Å². The largest absolute Gasteiger partial charge is 0.337 e. The summed E-state index contributed by atoms with van der Waals surface area (Å²) in [6.45, 7) is -2.66. The summed E-state index contributed by atoms with van der Waals surface area (Å²) in [4.78, 5) is 8.83. The van der Waals surface area contributed by atoms with Gasteiger partial charge in [0, 0.05) is 5.56 Å². The Kier molecular flexibility index (Phi) is 4.34. The second-order valence-corrected chi connectivity index (χ2v) is 6.58. The first kappa shape index (κ1) is 16.6. The fourth-order valence-corrected chi connectivity index (χ4v) is 3.60. The van der Waals surface area contributed by atoms with Gasteiger partial charge in [0.05, 0.1) is 28.7 Å². The minimum atomic E-state index is -2.66. The highest BCUT2D eigenvalue weighted by atomic mass is 32.2. The predicted octanol–water partition coefficient (Wildman–Crippen LogP) is 4.30. The van der Waals surface area contributed by atoms with Crippen molar-refractivity contribution < 1.29 is 8.78 Å². The average molecular weight is 371 g/mol. The van der Waals surface area contributed by atoms with E-state index in [0.717, 1.165) is 15.8 Å². The molecule has 132 valence electrons. The molecule has 4 rings (SSSR count). The van der Waals surface area contributed by atoms with Crippen LogP contribution < -0.4 is 5.84 Å². The van der Waals surface area contributed by atoms with Crippen LogP contribution >= 0.6 is 11.8 Å². The van der Waals surface area contributed by atoms with Crippen LogP contribution in [0.4, 0.5) is 8.78 Å². The number of nitrogen functional groups attached to an aromatic ring is 1. The molecule has 4 aromatic rings. The van der Waals surface area contributed by atoms with Gasteiger partial charge in [0.1, 0.15) is 5.82 Å². The molecule has 0 atom stereocenters. The van der Waals surface area contributed by atoms with Crippen LogP contribution in [0.5, 0.6) is 0 Å². The van der Waals surface area contributed by atoms with E-state index in [2.05, 4.69) is 9.97 Å². The Morgan fingerprint density at radius 3 is 2.50 bits per heavy atom. The Balaban J connectivity index is 1.61. The van der Waals surface area contributed by atoms with Crippen LogP contribution in [0.3, 0.4) is 0 Å². The van der Waals surface area contributed by atoms with Crippen molar-refractivity contribution >= 4 is 22.8 Å². The van der Waals surface area contributed by atoms with Gasteiger partial charge in [0.25, 0.3) is 0 Å². The summed E-state index contributed by atoms with van der Waals surface area (Å²) in [5.41, 5.74) is 2.64. The van der Waals surface area contributed by atoms with Crippen molar-refractivity contribution in [3.63, 3.8) is 0 Å². The number of aromatic nitrogens is 4. The number of nitrogens with two attached hydrogens (primary N) is 1. The van der Waals surface area contributed by atoms with Crippen LogP contribution in [-0.2, 0) is 5.75 Å².